The number of hydrogen-bond donors (Lipinski definition) is 2. The molecule has 0 spiro atoms. The quantitative estimate of drug-likeness (QED) is 0.643. The summed E-state index contributed by atoms with van der Waals surface area (Å²) in [7, 11) is 0. The van der Waals surface area contributed by atoms with Crippen molar-refractivity contribution in [1.82, 2.24) is 5.32 Å². The second kappa shape index (κ2) is 5.98. The molecular formula is C13H17BrN2O3. The van der Waals surface area contributed by atoms with Gasteiger partial charge in [0.25, 0.3) is 5.69 Å². The Bertz CT molecular complexity index is 473. The summed E-state index contributed by atoms with van der Waals surface area (Å²) in [6, 6.07) is 5.07. The molecule has 1 fully saturated rings. The van der Waals surface area contributed by atoms with Crippen molar-refractivity contribution < 1.29 is 10.0 Å². The molecule has 2 N–H and O–H groups in total. The molecule has 0 aliphatic heterocycles. The van der Waals surface area contributed by atoms with Crippen LogP contribution in [0.5, 0.6) is 0 Å². The van der Waals surface area contributed by atoms with Crippen LogP contribution < -0.4 is 5.32 Å². The van der Waals surface area contributed by atoms with Gasteiger partial charge in [-0.1, -0.05) is 18.9 Å². The SMILES string of the molecule is O=[N+]([O-])c1cc(CNCC2(O)CCCC2)ccc1Br. The molecule has 5 nitrogen and oxygen atoms in total. The molecule has 1 aromatic rings. The maximum atomic E-state index is 10.8. The normalized spacial score (nSPS) is 17.6. The van der Waals surface area contributed by atoms with Crippen molar-refractivity contribution in [3.8, 4) is 0 Å². The lowest BCUT2D eigenvalue weighted by atomic mass is 10.0. The number of nitro groups is 1. The smallest absolute Gasteiger partial charge is 0.283 e. The van der Waals surface area contributed by atoms with Crippen molar-refractivity contribution in [2.75, 3.05) is 6.54 Å². The standard InChI is InChI=1S/C13H17BrN2O3/c14-11-4-3-10(7-12(11)16(18)19)8-15-9-13(17)5-1-2-6-13/h3-4,7,15,17H,1-2,5-6,8-9H2. The van der Waals surface area contributed by atoms with Gasteiger partial charge in [-0.25, -0.2) is 0 Å². The molecule has 1 aliphatic carbocycles. The van der Waals surface area contributed by atoms with Crippen LogP contribution in [0.25, 0.3) is 0 Å². The van der Waals surface area contributed by atoms with Crippen LogP contribution in [0, 0.1) is 10.1 Å². The summed E-state index contributed by atoms with van der Waals surface area (Å²) in [4.78, 5) is 10.4. The Morgan fingerprint density at radius 3 is 2.74 bits per heavy atom. The molecule has 104 valence electrons. The fourth-order valence-corrected chi connectivity index (χ4v) is 2.85. The Labute approximate surface area is 120 Å². The minimum absolute atomic E-state index is 0.0684. The molecule has 0 aromatic heterocycles. The molecule has 0 saturated heterocycles. The first-order chi connectivity index (χ1) is 9.00. The number of hydrogen-bond acceptors (Lipinski definition) is 4. The van der Waals surface area contributed by atoms with Crippen molar-refractivity contribution >= 4 is 21.6 Å². The molecule has 2 rings (SSSR count). The third-order valence-corrected chi connectivity index (χ3v) is 4.20. The molecule has 0 amide bonds. The summed E-state index contributed by atoms with van der Waals surface area (Å²) in [5.74, 6) is 0. The van der Waals surface area contributed by atoms with E-state index in [-0.39, 0.29) is 5.69 Å². The molecule has 1 aliphatic rings. The Morgan fingerprint density at radius 1 is 1.42 bits per heavy atom. The van der Waals surface area contributed by atoms with E-state index in [1.807, 2.05) is 6.07 Å². The molecule has 0 atom stereocenters. The third kappa shape index (κ3) is 3.75. The maximum absolute atomic E-state index is 10.8. The van der Waals surface area contributed by atoms with Crippen molar-refractivity contribution in [2.45, 2.75) is 37.8 Å². The van der Waals surface area contributed by atoms with Crippen molar-refractivity contribution in [3.05, 3.63) is 38.3 Å². The second-order valence-corrected chi connectivity index (χ2v) is 5.93. The van der Waals surface area contributed by atoms with Gasteiger partial charge in [-0.05, 0) is 40.4 Å². The first-order valence-corrected chi connectivity index (χ1v) is 7.15. The summed E-state index contributed by atoms with van der Waals surface area (Å²) in [6.07, 6.45) is 3.81. The minimum atomic E-state index is -0.596. The van der Waals surface area contributed by atoms with E-state index in [9.17, 15) is 15.2 Å². The zero-order valence-electron chi connectivity index (χ0n) is 10.6. The Balaban J connectivity index is 1.92. The van der Waals surface area contributed by atoms with Gasteiger partial charge in [0.15, 0.2) is 0 Å². The number of nitrogens with one attached hydrogen (secondary N) is 1. The van der Waals surface area contributed by atoms with Crippen LogP contribution >= 0.6 is 15.9 Å². The second-order valence-electron chi connectivity index (χ2n) is 5.08. The molecule has 0 unspecified atom stereocenters. The zero-order valence-corrected chi connectivity index (χ0v) is 12.1. The van der Waals surface area contributed by atoms with E-state index < -0.39 is 10.5 Å². The number of benzene rings is 1. The van der Waals surface area contributed by atoms with Gasteiger partial charge in [-0.3, -0.25) is 10.1 Å². The lowest BCUT2D eigenvalue weighted by Gasteiger charge is -2.22. The molecule has 19 heavy (non-hydrogen) atoms. The van der Waals surface area contributed by atoms with Crippen LogP contribution in [0.15, 0.2) is 22.7 Å². The minimum Gasteiger partial charge on any atom is -0.389 e. The topological polar surface area (TPSA) is 75.4 Å². The van der Waals surface area contributed by atoms with Gasteiger partial charge in [-0.15, -0.1) is 0 Å². The Hall–Kier alpha value is -0.980. The predicted octanol–water partition coefficient (Wildman–Crippen LogP) is 2.75. The first-order valence-electron chi connectivity index (χ1n) is 6.36. The van der Waals surface area contributed by atoms with E-state index >= 15 is 0 Å². The summed E-state index contributed by atoms with van der Waals surface area (Å²) >= 11 is 3.16. The number of aliphatic hydroxyl groups is 1. The highest BCUT2D eigenvalue weighted by molar-refractivity contribution is 9.10. The van der Waals surface area contributed by atoms with E-state index in [4.69, 9.17) is 0 Å². The fraction of sp³-hybridized carbons (Fsp3) is 0.538. The Morgan fingerprint density at radius 2 is 2.11 bits per heavy atom. The van der Waals surface area contributed by atoms with Crippen molar-refractivity contribution in [2.24, 2.45) is 0 Å². The number of rotatable bonds is 5. The highest BCUT2D eigenvalue weighted by Crippen LogP contribution is 2.29. The lowest BCUT2D eigenvalue weighted by Crippen LogP contribution is -2.37. The molecular weight excluding hydrogens is 312 g/mol. The summed E-state index contributed by atoms with van der Waals surface area (Å²) in [5, 5.41) is 24.2. The van der Waals surface area contributed by atoms with Crippen LogP contribution in [-0.2, 0) is 6.54 Å². The lowest BCUT2D eigenvalue weighted by molar-refractivity contribution is -0.385. The maximum Gasteiger partial charge on any atom is 0.283 e. The van der Waals surface area contributed by atoms with Crippen molar-refractivity contribution in [1.29, 1.82) is 0 Å². The zero-order chi connectivity index (χ0) is 13.9. The number of halogens is 1. The average Bonchev–Trinajstić information content (AvgIpc) is 2.78. The molecule has 0 bridgehead atoms. The number of nitrogens with zero attached hydrogens (tertiary/aromatic N) is 1. The fourth-order valence-electron chi connectivity index (χ4n) is 2.46. The summed E-state index contributed by atoms with van der Waals surface area (Å²) in [6.45, 7) is 1.06. The van der Waals surface area contributed by atoms with E-state index in [1.165, 1.54) is 0 Å². The first kappa shape index (κ1) is 14.4. The van der Waals surface area contributed by atoms with Gasteiger partial charge in [0.1, 0.15) is 0 Å². The van der Waals surface area contributed by atoms with Gasteiger partial charge >= 0.3 is 0 Å². The van der Waals surface area contributed by atoms with Gasteiger partial charge in [0.05, 0.1) is 15.0 Å². The van der Waals surface area contributed by atoms with Crippen LogP contribution in [0.1, 0.15) is 31.2 Å². The molecule has 0 heterocycles. The highest BCUT2D eigenvalue weighted by Gasteiger charge is 2.30. The van der Waals surface area contributed by atoms with Crippen LogP contribution in [-0.4, -0.2) is 22.2 Å². The summed E-state index contributed by atoms with van der Waals surface area (Å²) < 4.78 is 0.482. The Kier molecular flexibility index (Phi) is 4.54. The van der Waals surface area contributed by atoms with E-state index in [1.54, 1.807) is 12.1 Å². The molecule has 0 radical (unpaired) electrons. The molecule has 1 saturated carbocycles. The van der Waals surface area contributed by atoms with Gasteiger partial charge in [-0.2, -0.15) is 0 Å². The highest BCUT2D eigenvalue weighted by atomic mass is 79.9. The predicted molar refractivity (Wildman–Crippen MR) is 75.9 cm³/mol. The molecule has 6 heteroatoms. The largest absolute Gasteiger partial charge is 0.389 e. The average molecular weight is 329 g/mol. The van der Waals surface area contributed by atoms with Crippen molar-refractivity contribution in [3.63, 3.8) is 0 Å². The number of nitro benzene ring substituents is 1. The van der Waals surface area contributed by atoms with E-state index in [2.05, 4.69) is 21.2 Å². The molecule has 1 aromatic carbocycles. The third-order valence-electron chi connectivity index (χ3n) is 3.52. The van der Waals surface area contributed by atoms with Crippen LogP contribution in [0.2, 0.25) is 0 Å². The van der Waals surface area contributed by atoms with Gasteiger partial charge < -0.3 is 10.4 Å². The van der Waals surface area contributed by atoms with Crippen LogP contribution in [0.3, 0.4) is 0 Å². The van der Waals surface area contributed by atoms with Gasteiger partial charge in [0, 0.05) is 19.2 Å². The summed E-state index contributed by atoms with van der Waals surface area (Å²) in [5.41, 5.74) is 0.316. The monoisotopic (exact) mass is 328 g/mol. The van der Waals surface area contributed by atoms with Gasteiger partial charge in [0.2, 0.25) is 0 Å². The van der Waals surface area contributed by atoms with E-state index in [0.29, 0.717) is 17.6 Å². The van der Waals surface area contributed by atoms with E-state index in [0.717, 1.165) is 31.2 Å². The van der Waals surface area contributed by atoms with Crippen LogP contribution in [0.4, 0.5) is 5.69 Å².